The number of imide groups is 1. The number of halogens is 3. The van der Waals surface area contributed by atoms with E-state index in [0.29, 0.717) is 0 Å². The van der Waals surface area contributed by atoms with Crippen molar-refractivity contribution in [3.05, 3.63) is 69.7 Å². The van der Waals surface area contributed by atoms with Gasteiger partial charge in [0, 0.05) is 28.5 Å². The lowest BCUT2D eigenvalue weighted by Gasteiger charge is -2.46. The van der Waals surface area contributed by atoms with Crippen LogP contribution in [0.15, 0.2) is 42.5 Å². The lowest BCUT2D eigenvalue weighted by atomic mass is 9.57. The number of nitrogens with zero attached hydrogens (tertiary/aromatic N) is 2. The number of nitrogens with one attached hydrogen (secondary N) is 1. The predicted molar refractivity (Wildman–Crippen MR) is 133 cm³/mol. The zero-order valence-corrected chi connectivity index (χ0v) is 19.8. The van der Waals surface area contributed by atoms with E-state index in [0.717, 1.165) is 17.0 Å². The van der Waals surface area contributed by atoms with E-state index < -0.39 is 51.7 Å². The molecule has 2 atom stereocenters. The van der Waals surface area contributed by atoms with Gasteiger partial charge >= 0.3 is 5.92 Å². The molecule has 1 fully saturated rings. The van der Waals surface area contributed by atoms with Gasteiger partial charge in [-0.3, -0.25) is 19.2 Å². The van der Waals surface area contributed by atoms with Gasteiger partial charge in [-0.1, -0.05) is 35.9 Å². The molecule has 2 aromatic rings. The van der Waals surface area contributed by atoms with Gasteiger partial charge in [-0.25, -0.2) is 0 Å². The Kier molecular flexibility index (Phi) is 6.63. The number of amides is 4. The van der Waals surface area contributed by atoms with Gasteiger partial charge in [-0.15, -0.1) is 0 Å². The average Bonchev–Trinajstić information content (AvgIpc) is 3.18. The van der Waals surface area contributed by atoms with Crippen LogP contribution in [0.1, 0.15) is 33.5 Å². The highest BCUT2D eigenvalue weighted by Crippen LogP contribution is 2.38. The van der Waals surface area contributed by atoms with Crippen LogP contribution in [0.3, 0.4) is 0 Å². The van der Waals surface area contributed by atoms with Crippen LogP contribution < -0.4 is 5.32 Å². The largest absolute Gasteiger partial charge is 0.358 e. The van der Waals surface area contributed by atoms with E-state index in [1.807, 2.05) is 5.32 Å². The molecule has 4 rings (SSSR count). The minimum atomic E-state index is -3.99. The van der Waals surface area contributed by atoms with Crippen molar-refractivity contribution in [1.82, 2.24) is 15.0 Å². The summed E-state index contributed by atoms with van der Waals surface area (Å²) in [5.74, 6) is -9.52. The van der Waals surface area contributed by atoms with E-state index >= 15 is 0 Å². The summed E-state index contributed by atoms with van der Waals surface area (Å²) >= 11 is 5.71. The lowest BCUT2D eigenvalue weighted by molar-refractivity contribution is -0.148. The van der Waals surface area contributed by atoms with Crippen LogP contribution in [0, 0.1) is 0 Å². The number of hydrogen-bond acceptors (Lipinski definition) is 4. The molecule has 10 radical (unpaired) electrons. The van der Waals surface area contributed by atoms with Crippen LogP contribution in [0.25, 0.3) is 0 Å². The van der Waals surface area contributed by atoms with Crippen molar-refractivity contribution in [2.24, 2.45) is 0 Å². The maximum atomic E-state index is 14.7. The second-order valence-corrected chi connectivity index (χ2v) is 9.35. The van der Waals surface area contributed by atoms with Crippen molar-refractivity contribution >= 4 is 74.6 Å². The predicted octanol–water partition coefficient (Wildman–Crippen LogP) is 0.316. The van der Waals surface area contributed by atoms with Crippen molar-refractivity contribution < 1.29 is 28.0 Å². The summed E-state index contributed by atoms with van der Waals surface area (Å²) < 4.78 is 29.4. The number of benzene rings is 2. The highest BCUT2D eigenvalue weighted by atomic mass is 35.5. The molecule has 15 heteroatoms. The Hall–Kier alpha value is -3.01. The molecule has 2 aliphatic rings. The summed E-state index contributed by atoms with van der Waals surface area (Å²) in [4.78, 5) is 51.4. The van der Waals surface area contributed by atoms with E-state index in [-0.39, 0.29) is 39.5 Å². The first-order chi connectivity index (χ1) is 17.1. The molecule has 176 valence electrons. The molecule has 0 spiro atoms. The number of carbonyl (C=O) groups is 4. The van der Waals surface area contributed by atoms with Crippen molar-refractivity contribution in [1.29, 1.82) is 0 Å². The Morgan fingerprint density at radius 3 is 2.30 bits per heavy atom. The monoisotopic (exact) mass is 511 g/mol. The third kappa shape index (κ3) is 4.49. The summed E-state index contributed by atoms with van der Waals surface area (Å²) in [6.07, 6.45) is -0.376. The smallest absolute Gasteiger partial charge is 0.349 e. The van der Waals surface area contributed by atoms with Crippen molar-refractivity contribution in [3.8, 4) is 0 Å². The fourth-order valence-corrected chi connectivity index (χ4v) is 4.38. The summed E-state index contributed by atoms with van der Waals surface area (Å²) in [6.45, 7) is -0.232. The van der Waals surface area contributed by atoms with Crippen molar-refractivity contribution in [2.75, 3.05) is 0 Å². The number of carbonyl (C=O) groups excluding carboxylic acids is 4. The number of piperidine rings is 1. The lowest BCUT2D eigenvalue weighted by Crippen LogP contribution is -2.65. The van der Waals surface area contributed by atoms with Crippen LogP contribution in [0.2, 0.25) is 10.8 Å². The zero-order chi connectivity index (χ0) is 27.5. The molecule has 2 unspecified atom stereocenters. The molecular weight excluding hydrogens is 498 g/mol. The maximum absolute atomic E-state index is 14.7. The number of hydrogen-bond donors (Lipinski definition) is 1. The van der Waals surface area contributed by atoms with E-state index in [1.54, 1.807) is 0 Å². The fourth-order valence-electron chi connectivity index (χ4n) is 4.25. The van der Waals surface area contributed by atoms with Gasteiger partial charge in [0.25, 0.3) is 11.8 Å². The summed E-state index contributed by atoms with van der Waals surface area (Å²) in [7, 11) is 29.5. The van der Waals surface area contributed by atoms with Gasteiger partial charge < -0.3 is 15.0 Å². The first kappa shape index (κ1) is 27.0. The van der Waals surface area contributed by atoms with Crippen molar-refractivity contribution in [2.45, 2.75) is 35.5 Å². The number of rotatable bonds is 5. The average molecular weight is 511 g/mol. The SMILES string of the molecule is [B]C1CC([B])(N2Cc3cc(C([B])([B])NC(=O)C(F)(F)c4ccc(Cl)cc4)ccc3C2=O)C(=O)N([B])C1=O. The quantitative estimate of drug-likeness (QED) is 0.464. The minimum Gasteiger partial charge on any atom is -0.358 e. The molecule has 0 bridgehead atoms. The van der Waals surface area contributed by atoms with Gasteiger partial charge in [-0.05, 0) is 41.1 Å². The molecule has 2 heterocycles. The standard InChI is InChI=1S/C22H13B5ClF2N3O4/c23-15-8-20(24,19(37)33(27)17(15)35)32-9-10-7-12(3-6-14(10)16(32)34)22(25,26)31-18(36)21(29,30)11-1-4-13(28)5-2-11/h1-7,15H,8-9H2,(H,31,36). The molecule has 0 aromatic heterocycles. The highest BCUT2D eigenvalue weighted by Gasteiger charge is 2.51. The first-order valence-electron chi connectivity index (χ1n) is 10.8. The Balaban J connectivity index is 1.58. The van der Waals surface area contributed by atoms with Crippen molar-refractivity contribution in [3.63, 3.8) is 0 Å². The number of fused-ring (bicyclic) bond motifs is 1. The van der Waals surface area contributed by atoms with Crippen LogP contribution >= 0.6 is 11.6 Å². The van der Waals surface area contributed by atoms with Gasteiger partial charge in [0.1, 0.15) is 7.85 Å². The first-order valence-corrected chi connectivity index (χ1v) is 11.1. The molecule has 1 saturated heterocycles. The molecular formula is C22H13B5ClF2N3O4. The van der Waals surface area contributed by atoms with E-state index in [1.165, 1.54) is 30.3 Å². The molecule has 7 nitrogen and oxygen atoms in total. The summed E-state index contributed by atoms with van der Waals surface area (Å²) in [5, 5.41) is -0.158. The van der Waals surface area contributed by atoms with Crippen LogP contribution in [0.5, 0.6) is 0 Å². The van der Waals surface area contributed by atoms with Crippen LogP contribution in [-0.2, 0) is 32.2 Å². The Labute approximate surface area is 222 Å². The second kappa shape index (κ2) is 9.08. The third-order valence-corrected chi connectivity index (χ3v) is 6.61. The maximum Gasteiger partial charge on any atom is 0.349 e. The Bertz CT molecular complexity index is 1330. The van der Waals surface area contributed by atoms with Gasteiger partial charge in [0.15, 0.2) is 0 Å². The minimum absolute atomic E-state index is 0.0190. The topological polar surface area (TPSA) is 86.8 Å². The van der Waals surface area contributed by atoms with E-state index in [9.17, 15) is 28.0 Å². The molecule has 2 aromatic carbocycles. The molecule has 1 N–H and O–H groups in total. The molecule has 4 amide bonds. The normalized spacial score (nSPS) is 22.2. The van der Waals surface area contributed by atoms with Crippen LogP contribution in [-0.4, -0.2) is 78.1 Å². The molecule has 0 saturated carbocycles. The second-order valence-electron chi connectivity index (χ2n) is 8.92. The Morgan fingerprint density at radius 1 is 1.08 bits per heavy atom. The zero-order valence-electron chi connectivity index (χ0n) is 19.1. The third-order valence-electron chi connectivity index (χ3n) is 6.36. The molecule has 2 aliphatic heterocycles. The fraction of sp³-hybridized carbons (Fsp3) is 0.273. The highest BCUT2D eigenvalue weighted by molar-refractivity contribution is 6.43. The van der Waals surface area contributed by atoms with E-state index in [2.05, 4.69) is 0 Å². The molecule has 37 heavy (non-hydrogen) atoms. The summed E-state index contributed by atoms with van der Waals surface area (Å²) in [5.41, 5.74) is -2.27. The van der Waals surface area contributed by atoms with Gasteiger partial charge in [0.2, 0.25) is 19.8 Å². The van der Waals surface area contributed by atoms with Gasteiger partial charge in [-0.2, -0.15) is 8.78 Å². The summed E-state index contributed by atoms with van der Waals surface area (Å²) in [6, 6.07) is 8.26. The van der Waals surface area contributed by atoms with Crippen LogP contribution in [0.4, 0.5) is 8.78 Å². The molecule has 0 aliphatic carbocycles. The number of alkyl halides is 2. The van der Waals surface area contributed by atoms with Gasteiger partial charge in [0.05, 0.1) is 29.0 Å². The Morgan fingerprint density at radius 2 is 1.68 bits per heavy atom. The van der Waals surface area contributed by atoms with E-state index in [4.69, 9.17) is 51.0 Å².